The molecule has 3 atom stereocenters. The summed E-state index contributed by atoms with van der Waals surface area (Å²) in [6, 6.07) is -0.917. The number of amides is 1. The average Bonchev–Trinajstić information content (AvgIpc) is 3.20. The number of allylic oxidation sites excluding steroid dienone is 17. The van der Waals surface area contributed by atoms with Crippen molar-refractivity contribution in [3.63, 3.8) is 0 Å². The zero-order valence-electron chi connectivity index (χ0n) is 38.6. The van der Waals surface area contributed by atoms with Gasteiger partial charge in [-0.25, -0.2) is 4.57 Å². The van der Waals surface area contributed by atoms with Gasteiger partial charge < -0.3 is 19.8 Å². The lowest BCUT2D eigenvalue weighted by atomic mass is 10.1. The van der Waals surface area contributed by atoms with Crippen LogP contribution in [0.5, 0.6) is 0 Å². The van der Waals surface area contributed by atoms with Gasteiger partial charge in [0.2, 0.25) is 5.91 Å². The summed E-state index contributed by atoms with van der Waals surface area (Å²) in [7, 11) is 1.48. The molecule has 0 aromatic rings. The molecule has 0 saturated carbocycles. The first-order chi connectivity index (χ1) is 29.0. The minimum atomic E-state index is -4.38. The predicted molar refractivity (Wildman–Crippen MR) is 258 cm³/mol. The second-order valence-corrected chi connectivity index (χ2v) is 17.8. The molecule has 0 aromatic heterocycles. The number of quaternary nitrogens is 1. The second-order valence-electron chi connectivity index (χ2n) is 16.4. The number of hydrogen-bond donors (Lipinski definition) is 3. The van der Waals surface area contributed by atoms with Crippen LogP contribution in [0.25, 0.3) is 0 Å². The van der Waals surface area contributed by atoms with Gasteiger partial charge in [-0.05, 0) is 83.5 Å². The molecule has 0 aromatic carbocycles. The highest BCUT2D eigenvalue weighted by Gasteiger charge is 2.27. The monoisotopic (exact) mass is 856 g/mol. The van der Waals surface area contributed by atoms with Crippen LogP contribution >= 0.6 is 7.82 Å². The van der Waals surface area contributed by atoms with Crippen LogP contribution in [-0.4, -0.2) is 73.4 Å². The maximum atomic E-state index is 12.9. The van der Waals surface area contributed by atoms with E-state index in [0.29, 0.717) is 17.4 Å². The normalized spacial score (nSPS) is 15.2. The summed E-state index contributed by atoms with van der Waals surface area (Å²) in [6.45, 7) is 4.58. The largest absolute Gasteiger partial charge is 0.472 e. The fraction of sp³-hybridized carbons (Fsp3) is 0.627. The van der Waals surface area contributed by atoms with E-state index in [-0.39, 0.29) is 25.5 Å². The van der Waals surface area contributed by atoms with Gasteiger partial charge in [0.25, 0.3) is 0 Å². The van der Waals surface area contributed by atoms with E-state index in [4.69, 9.17) is 9.05 Å². The van der Waals surface area contributed by atoms with E-state index >= 15 is 0 Å². The van der Waals surface area contributed by atoms with E-state index in [1.54, 1.807) is 6.08 Å². The van der Waals surface area contributed by atoms with Crippen LogP contribution in [0.1, 0.15) is 155 Å². The van der Waals surface area contributed by atoms with Gasteiger partial charge in [0.05, 0.1) is 39.9 Å². The molecule has 3 N–H and O–H groups in total. The highest BCUT2D eigenvalue weighted by Crippen LogP contribution is 2.43. The number of phosphoric ester groups is 1. The fourth-order valence-corrected chi connectivity index (χ4v) is 6.54. The minimum absolute atomic E-state index is 0.0336. The lowest BCUT2D eigenvalue weighted by molar-refractivity contribution is -0.870. The Morgan fingerprint density at radius 1 is 0.583 bits per heavy atom. The van der Waals surface area contributed by atoms with Gasteiger partial charge in [0.15, 0.2) is 0 Å². The van der Waals surface area contributed by atoms with Gasteiger partial charge in [-0.1, -0.05) is 175 Å². The molecule has 1 amide bonds. The van der Waals surface area contributed by atoms with Crippen LogP contribution in [0.2, 0.25) is 0 Å². The van der Waals surface area contributed by atoms with E-state index in [0.717, 1.165) is 64.2 Å². The van der Waals surface area contributed by atoms with Crippen LogP contribution in [0, 0.1) is 0 Å². The van der Waals surface area contributed by atoms with E-state index in [1.807, 2.05) is 39.4 Å². The van der Waals surface area contributed by atoms with E-state index in [9.17, 15) is 19.4 Å². The summed E-state index contributed by atoms with van der Waals surface area (Å²) < 4.78 is 23.5. The number of hydrogen-bond acceptors (Lipinski definition) is 5. The van der Waals surface area contributed by atoms with Crippen LogP contribution in [0.3, 0.4) is 0 Å². The van der Waals surface area contributed by atoms with Gasteiger partial charge in [-0.2, -0.15) is 0 Å². The molecule has 0 aliphatic heterocycles. The molecular formula is C51H88N2O6P+. The number of unbranched alkanes of at least 4 members (excludes halogenated alkanes) is 11. The molecule has 0 spiro atoms. The number of nitrogens with one attached hydrogen (secondary N) is 1. The molecule has 0 aliphatic carbocycles. The van der Waals surface area contributed by atoms with Crippen LogP contribution < -0.4 is 5.32 Å². The quantitative estimate of drug-likeness (QED) is 0.0245. The van der Waals surface area contributed by atoms with Gasteiger partial charge in [-0.15, -0.1) is 0 Å². The third-order valence-corrected chi connectivity index (χ3v) is 10.5. The van der Waals surface area contributed by atoms with Crippen molar-refractivity contribution in [3.05, 3.63) is 109 Å². The molecule has 9 heteroatoms. The molecule has 0 aliphatic rings. The molecule has 0 heterocycles. The summed E-state index contributed by atoms with van der Waals surface area (Å²) >= 11 is 0. The summed E-state index contributed by atoms with van der Waals surface area (Å²) in [6.07, 6.45) is 60.4. The standard InChI is InChI=1S/C51H87N2O6P/c1-6-8-10-12-14-16-18-20-22-24-26-28-30-32-34-36-38-40-42-44-50(54)49(48-59-60(56,57)58-47-46-53(3,4)5)52-51(55)45-43-41-39-37-35-33-31-29-27-25-23-21-19-17-15-13-11-9-7-2/h9,11,15,17,21,23,26-29,33-36,39,41-42,44,49-50,54H,6-8,10,12-14,16,18-20,22,24-25,30-32,37-38,40,43,45-48H2,1-5H3,(H-,52,55,56,57)/p+1/b11-9-,17-15-,23-21-,28-26+,29-27-,35-33-,36-34+,41-39-,44-42+. The first kappa shape index (κ1) is 57.2. The van der Waals surface area contributed by atoms with Crippen LogP contribution in [0.4, 0.5) is 0 Å². The van der Waals surface area contributed by atoms with Crippen molar-refractivity contribution in [3.8, 4) is 0 Å². The highest BCUT2D eigenvalue weighted by atomic mass is 31.2. The molecule has 3 unspecified atom stereocenters. The van der Waals surface area contributed by atoms with Gasteiger partial charge in [0.1, 0.15) is 13.2 Å². The van der Waals surface area contributed by atoms with Crippen molar-refractivity contribution in [2.45, 2.75) is 167 Å². The van der Waals surface area contributed by atoms with E-state index in [2.05, 4.69) is 104 Å². The van der Waals surface area contributed by atoms with Crippen molar-refractivity contribution < 1.29 is 32.9 Å². The number of aliphatic hydroxyl groups is 1. The fourth-order valence-electron chi connectivity index (χ4n) is 5.80. The SMILES string of the molecule is CC/C=C\C/C=C\C/C=C\C/C=C\C/C=C\C/C=C\CCC(=O)NC(COP(=O)(O)OCC[N+](C)(C)C)C(O)/C=C/CC/C=C/CC/C=C/CCCCCCCCCCC. The first-order valence-corrected chi connectivity index (χ1v) is 24.8. The van der Waals surface area contributed by atoms with Crippen molar-refractivity contribution in [2.75, 3.05) is 40.9 Å². The van der Waals surface area contributed by atoms with Gasteiger partial charge in [-0.3, -0.25) is 13.8 Å². The molecule has 0 bridgehead atoms. The molecule has 0 saturated heterocycles. The Balaban J connectivity index is 4.63. The Hall–Kier alpha value is -2.84. The topological polar surface area (TPSA) is 105 Å². The summed E-state index contributed by atoms with van der Waals surface area (Å²) in [5.41, 5.74) is 0. The Bertz CT molecular complexity index is 1340. The maximum Gasteiger partial charge on any atom is 0.472 e. The Morgan fingerprint density at radius 2 is 1.02 bits per heavy atom. The second kappa shape index (κ2) is 41.5. The van der Waals surface area contributed by atoms with Crippen molar-refractivity contribution in [1.82, 2.24) is 5.32 Å². The number of carbonyl (C=O) groups excluding carboxylic acids is 1. The average molecular weight is 856 g/mol. The summed E-state index contributed by atoms with van der Waals surface area (Å²) in [5, 5.41) is 13.8. The third-order valence-electron chi connectivity index (χ3n) is 9.47. The van der Waals surface area contributed by atoms with Gasteiger partial charge in [0, 0.05) is 6.42 Å². The molecule has 0 radical (unpaired) electrons. The summed E-state index contributed by atoms with van der Waals surface area (Å²) in [5.74, 6) is -0.278. The zero-order chi connectivity index (χ0) is 44.3. The van der Waals surface area contributed by atoms with Crippen molar-refractivity contribution in [2.24, 2.45) is 0 Å². The first-order valence-electron chi connectivity index (χ1n) is 23.3. The number of aliphatic hydroxyl groups excluding tert-OH is 1. The minimum Gasteiger partial charge on any atom is -0.387 e. The highest BCUT2D eigenvalue weighted by molar-refractivity contribution is 7.47. The van der Waals surface area contributed by atoms with Crippen molar-refractivity contribution in [1.29, 1.82) is 0 Å². The molecule has 0 fully saturated rings. The van der Waals surface area contributed by atoms with Crippen LogP contribution in [-0.2, 0) is 18.4 Å². The number of phosphoric acid groups is 1. The smallest absolute Gasteiger partial charge is 0.387 e. The zero-order valence-corrected chi connectivity index (χ0v) is 39.5. The number of rotatable bonds is 40. The lowest BCUT2D eigenvalue weighted by Crippen LogP contribution is -2.45. The Kier molecular flexibility index (Phi) is 39.5. The lowest BCUT2D eigenvalue weighted by Gasteiger charge is -2.25. The van der Waals surface area contributed by atoms with Crippen LogP contribution in [0.15, 0.2) is 109 Å². The van der Waals surface area contributed by atoms with E-state index < -0.39 is 20.0 Å². The molecule has 0 rings (SSSR count). The Labute approximate surface area is 368 Å². The molecule has 342 valence electrons. The van der Waals surface area contributed by atoms with E-state index in [1.165, 1.54) is 64.2 Å². The predicted octanol–water partition coefficient (Wildman–Crippen LogP) is 13.3. The maximum absolute atomic E-state index is 12.9. The van der Waals surface area contributed by atoms with Gasteiger partial charge >= 0.3 is 7.82 Å². The molecule has 8 nitrogen and oxygen atoms in total. The Morgan fingerprint density at radius 3 is 1.52 bits per heavy atom. The number of nitrogens with zero attached hydrogens (tertiary/aromatic N) is 1. The molecule has 60 heavy (non-hydrogen) atoms. The molecular weight excluding hydrogens is 768 g/mol. The van der Waals surface area contributed by atoms with Crippen molar-refractivity contribution >= 4 is 13.7 Å². The number of likely N-dealkylation sites (N-methyl/N-ethyl adjacent to an activating group) is 1. The number of carbonyl (C=O) groups is 1. The summed E-state index contributed by atoms with van der Waals surface area (Å²) in [4.78, 5) is 23.1. The third kappa shape index (κ3) is 43.3.